The Morgan fingerprint density at radius 3 is 2.11 bits per heavy atom. The van der Waals surface area contributed by atoms with Gasteiger partial charge in [-0.2, -0.15) is 0 Å². The van der Waals surface area contributed by atoms with Gasteiger partial charge in [0.1, 0.15) is 0 Å². The van der Waals surface area contributed by atoms with Gasteiger partial charge in [-0.3, -0.25) is 19.2 Å². The SMILES string of the molecule is CC(C(=O)O)C(CC1C(=O)OC(=O)C1C)C(=O)O. The predicted octanol–water partition coefficient (Wildman–Crippen LogP) is 0.134. The van der Waals surface area contributed by atoms with Gasteiger partial charge in [0, 0.05) is 0 Å². The van der Waals surface area contributed by atoms with E-state index in [9.17, 15) is 19.2 Å². The summed E-state index contributed by atoms with van der Waals surface area (Å²) < 4.78 is 4.39. The second kappa shape index (κ2) is 5.16. The largest absolute Gasteiger partial charge is 0.481 e. The molecule has 1 heterocycles. The minimum atomic E-state index is -1.30. The molecule has 0 aromatic rings. The quantitative estimate of drug-likeness (QED) is 0.531. The van der Waals surface area contributed by atoms with Gasteiger partial charge in [-0.05, 0) is 6.42 Å². The van der Waals surface area contributed by atoms with Crippen molar-refractivity contribution in [3.05, 3.63) is 0 Å². The molecular weight excluding hydrogens is 244 g/mol. The van der Waals surface area contributed by atoms with Crippen molar-refractivity contribution in [1.82, 2.24) is 0 Å². The molecule has 0 spiro atoms. The summed E-state index contributed by atoms with van der Waals surface area (Å²) in [4.78, 5) is 44.3. The number of carbonyl (C=O) groups excluding carboxylic acids is 2. The highest BCUT2D eigenvalue weighted by molar-refractivity contribution is 5.96. The third kappa shape index (κ3) is 2.66. The van der Waals surface area contributed by atoms with Crippen molar-refractivity contribution in [3.8, 4) is 0 Å². The first-order chi connectivity index (χ1) is 8.25. The molecule has 4 unspecified atom stereocenters. The first kappa shape index (κ1) is 14.1. The first-order valence-corrected chi connectivity index (χ1v) is 5.46. The second-order valence-electron chi connectivity index (χ2n) is 4.44. The summed E-state index contributed by atoms with van der Waals surface area (Å²) in [5.74, 6) is -8.03. The van der Waals surface area contributed by atoms with Gasteiger partial charge in [-0.1, -0.05) is 13.8 Å². The fourth-order valence-corrected chi connectivity index (χ4v) is 1.90. The van der Waals surface area contributed by atoms with Crippen LogP contribution in [0.15, 0.2) is 0 Å². The number of hydrogen-bond donors (Lipinski definition) is 2. The average Bonchev–Trinajstić information content (AvgIpc) is 2.49. The van der Waals surface area contributed by atoms with Crippen LogP contribution in [0.5, 0.6) is 0 Å². The number of ether oxygens (including phenoxy) is 1. The van der Waals surface area contributed by atoms with Crippen molar-refractivity contribution < 1.29 is 34.1 Å². The summed E-state index contributed by atoms with van der Waals surface area (Å²) in [5.41, 5.74) is 0. The number of carbonyl (C=O) groups is 4. The highest BCUT2D eigenvalue weighted by Gasteiger charge is 2.45. The molecule has 7 heteroatoms. The maximum atomic E-state index is 11.4. The number of carboxylic acids is 2. The van der Waals surface area contributed by atoms with E-state index in [-0.39, 0.29) is 6.42 Å². The minimum Gasteiger partial charge on any atom is -0.481 e. The Hall–Kier alpha value is -1.92. The molecule has 1 fully saturated rings. The van der Waals surface area contributed by atoms with Crippen LogP contribution in [0.1, 0.15) is 20.3 Å². The lowest BCUT2D eigenvalue weighted by Crippen LogP contribution is -2.31. The van der Waals surface area contributed by atoms with Gasteiger partial charge < -0.3 is 14.9 Å². The Labute approximate surface area is 103 Å². The number of carboxylic acid groups (broad SMARTS) is 2. The molecule has 1 aliphatic heterocycles. The normalized spacial score (nSPS) is 26.6. The second-order valence-corrected chi connectivity index (χ2v) is 4.44. The first-order valence-electron chi connectivity index (χ1n) is 5.46. The summed E-state index contributed by atoms with van der Waals surface area (Å²) in [6, 6.07) is 0. The van der Waals surface area contributed by atoms with Crippen molar-refractivity contribution in [2.75, 3.05) is 0 Å². The summed E-state index contributed by atoms with van der Waals surface area (Å²) in [7, 11) is 0. The Balaban J connectivity index is 2.85. The third-order valence-corrected chi connectivity index (χ3v) is 3.30. The molecule has 1 saturated heterocycles. The van der Waals surface area contributed by atoms with Gasteiger partial charge in [-0.25, -0.2) is 0 Å². The van der Waals surface area contributed by atoms with E-state index < -0.39 is 47.5 Å². The Bertz CT molecular complexity index is 400. The van der Waals surface area contributed by atoms with Crippen LogP contribution < -0.4 is 0 Å². The molecule has 0 radical (unpaired) electrons. The summed E-state index contributed by atoms with van der Waals surface area (Å²) in [6.07, 6.45) is -0.214. The Kier molecular flexibility index (Phi) is 4.05. The van der Waals surface area contributed by atoms with E-state index in [2.05, 4.69) is 4.74 Å². The van der Waals surface area contributed by atoms with E-state index in [4.69, 9.17) is 10.2 Å². The molecule has 7 nitrogen and oxygen atoms in total. The number of rotatable bonds is 5. The molecule has 0 aliphatic carbocycles. The average molecular weight is 258 g/mol. The third-order valence-electron chi connectivity index (χ3n) is 3.30. The van der Waals surface area contributed by atoms with E-state index in [1.165, 1.54) is 13.8 Å². The molecule has 0 aromatic heterocycles. The molecule has 100 valence electrons. The van der Waals surface area contributed by atoms with E-state index in [1.807, 2.05) is 0 Å². The van der Waals surface area contributed by atoms with Gasteiger partial charge in [0.2, 0.25) is 0 Å². The van der Waals surface area contributed by atoms with Crippen LogP contribution in [-0.4, -0.2) is 34.1 Å². The van der Waals surface area contributed by atoms with Gasteiger partial charge in [-0.15, -0.1) is 0 Å². The molecule has 18 heavy (non-hydrogen) atoms. The number of cyclic esters (lactones) is 2. The van der Waals surface area contributed by atoms with E-state index in [1.54, 1.807) is 0 Å². The maximum Gasteiger partial charge on any atom is 0.317 e. The smallest absolute Gasteiger partial charge is 0.317 e. The van der Waals surface area contributed by atoms with Gasteiger partial charge in [0.15, 0.2) is 0 Å². The monoisotopic (exact) mass is 258 g/mol. The minimum absolute atomic E-state index is 0.214. The zero-order valence-corrected chi connectivity index (χ0v) is 9.95. The predicted molar refractivity (Wildman–Crippen MR) is 56.3 cm³/mol. The van der Waals surface area contributed by atoms with Gasteiger partial charge >= 0.3 is 23.9 Å². The van der Waals surface area contributed by atoms with E-state index in [0.717, 1.165) is 0 Å². The molecule has 2 N–H and O–H groups in total. The van der Waals surface area contributed by atoms with Gasteiger partial charge in [0.05, 0.1) is 23.7 Å². The fraction of sp³-hybridized carbons (Fsp3) is 0.636. The molecule has 0 saturated carbocycles. The van der Waals surface area contributed by atoms with E-state index >= 15 is 0 Å². The summed E-state index contributed by atoms with van der Waals surface area (Å²) in [6.45, 7) is 2.72. The molecule has 4 atom stereocenters. The van der Waals surface area contributed by atoms with Crippen LogP contribution in [-0.2, 0) is 23.9 Å². The molecule has 1 rings (SSSR count). The molecular formula is C11H14O7. The number of esters is 2. The molecule has 1 aliphatic rings. The zero-order chi connectivity index (χ0) is 14.0. The highest BCUT2D eigenvalue weighted by Crippen LogP contribution is 2.32. The zero-order valence-electron chi connectivity index (χ0n) is 9.95. The summed E-state index contributed by atoms with van der Waals surface area (Å²) >= 11 is 0. The topological polar surface area (TPSA) is 118 Å². The fourth-order valence-electron chi connectivity index (χ4n) is 1.90. The van der Waals surface area contributed by atoms with Crippen molar-refractivity contribution >= 4 is 23.9 Å². The van der Waals surface area contributed by atoms with Crippen LogP contribution in [0.25, 0.3) is 0 Å². The van der Waals surface area contributed by atoms with Crippen LogP contribution in [0.2, 0.25) is 0 Å². The lowest BCUT2D eigenvalue weighted by molar-refractivity contribution is -0.156. The molecule has 0 amide bonds. The number of hydrogen-bond acceptors (Lipinski definition) is 5. The molecule has 0 bridgehead atoms. The Morgan fingerprint density at radius 1 is 1.22 bits per heavy atom. The van der Waals surface area contributed by atoms with Crippen molar-refractivity contribution in [1.29, 1.82) is 0 Å². The highest BCUT2D eigenvalue weighted by atomic mass is 16.6. The van der Waals surface area contributed by atoms with Crippen LogP contribution in [0.3, 0.4) is 0 Å². The van der Waals surface area contributed by atoms with Crippen molar-refractivity contribution in [2.45, 2.75) is 20.3 Å². The van der Waals surface area contributed by atoms with Crippen molar-refractivity contribution in [3.63, 3.8) is 0 Å². The standard InChI is InChI=1S/C11H14O7/c1-4(8(12)13)6(9(14)15)3-7-5(2)10(16)18-11(7)17/h4-7H,3H2,1-2H3,(H,12,13)(H,14,15). The van der Waals surface area contributed by atoms with Crippen LogP contribution >= 0.6 is 0 Å². The molecule has 0 aromatic carbocycles. The van der Waals surface area contributed by atoms with E-state index in [0.29, 0.717) is 0 Å². The Morgan fingerprint density at radius 2 is 1.78 bits per heavy atom. The summed E-state index contributed by atoms with van der Waals surface area (Å²) in [5, 5.41) is 17.8. The lowest BCUT2D eigenvalue weighted by Gasteiger charge is -2.19. The number of aliphatic carboxylic acids is 2. The van der Waals surface area contributed by atoms with Crippen LogP contribution in [0, 0.1) is 23.7 Å². The van der Waals surface area contributed by atoms with Crippen molar-refractivity contribution in [2.24, 2.45) is 23.7 Å². The van der Waals surface area contributed by atoms with Crippen LogP contribution in [0.4, 0.5) is 0 Å². The van der Waals surface area contributed by atoms with Gasteiger partial charge in [0.25, 0.3) is 0 Å². The lowest BCUT2D eigenvalue weighted by atomic mass is 9.81. The maximum absolute atomic E-state index is 11.4.